The highest BCUT2D eigenvalue weighted by molar-refractivity contribution is 5.87. The predicted octanol–water partition coefficient (Wildman–Crippen LogP) is 8.75. The van der Waals surface area contributed by atoms with Crippen LogP contribution in [0.2, 0.25) is 0 Å². The van der Waals surface area contributed by atoms with Gasteiger partial charge in [0.2, 0.25) is 0 Å². The summed E-state index contributed by atoms with van der Waals surface area (Å²) < 4.78 is 5.86. The zero-order valence-corrected chi connectivity index (χ0v) is 20.9. The zero-order valence-electron chi connectivity index (χ0n) is 20.9. The fourth-order valence-electron chi connectivity index (χ4n) is 4.57. The van der Waals surface area contributed by atoms with Crippen LogP contribution >= 0.6 is 0 Å². The molecule has 0 atom stereocenters. The van der Waals surface area contributed by atoms with Crippen LogP contribution in [0, 0.1) is 0 Å². The first kappa shape index (κ1) is 23.8. The van der Waals surface area contributed by atoms with Gasteiger partial charge in [-0.2, -0.15) is 0 Å². The molecule has 0 aromatic heterocycles. The standard InChI is InChI=1S/C30H42O/c1-22-21-24-13-12-15-27(23-16-18-25(19-17-23)29(2,3)4)28(24)26(22)14-10-8-9-11-20-31-30(5,6)7/h12-13,15-19H,8-11,14,20-21H2,1-7H3. The second-order valence-corrected chi connectivity index (χ2v) is 11.2. The molecule has 0 unspecified atom stereocenters. The Balaban J connectivity index is 1.67. The van der Waals surface area contributed by atoms with Crippen molar-refractivity contribution in [3.05, 3.63) is 64.7 Å². The number of hydrogen-bond donors (Lipinski definition) is 0. The molecule has 0 radical (unpaired) electrons. The van der Waals surface area contributed by atoms with E-state index in [1.54, 1.807) is 11.1 Å². The van der Waals surface area contributed by atoms with Gasteiger partial charge < -0.3 is 4.74 Å². The second kappa shape index (κ2) is 9.74. The molecule has 0 aliphatic heterocycles. The van der Waals surface area contributed by atoms with E-state index in [4.69, 9.17) is 4.74 Å². The molecule has 0 heterocycles. The van der Waals surface area contributed by atoms with Crippen molar-refractivity contribution < 1.29 is 4.74 Å². The minimum Gasteiger partial charge on any atom is -0.376 e. The summed E-state index contributed by atoms with van der Waals surface area (Å²) in [6, 6.07) is 16.1. The molecular formula is C30H42O. The molecule has 168 valence electrons. The Kier molecular flexibility index (Phi) is 7.47. The molecule has 1 aliphatic carbocycles. The lowest BCUT2D eigenvalue weighted by atomic mass is 9.85. The third-order valence-corrected chi connectivity index (χ3v) is 6.34. The van der Waals surface area contributed by atoms with Crippen molar-refractivity contribution in [1.29, 1.82) is 0 Å². The van der Waals surface area contributed by atoms with E-state index >= 15 is 0 Å². The Morgan fingerprint density at radius 1 is 0.806 bits per heavy atom. The smallest absolute Gasteiger partial charge is 0.0598 e. The Morgan fingerprint density at radius 2 is 1.48 bits per heavy atom. The highest BCUT2D eigenvalue weighted by Gasteiger charge is 2.22. The van der Waals surface area contributed by atoms with Crippen LogP contribution in [-0.2, 0) is 16.6 Å². The normalized spacial score (nSPS) is 14.3. The van der Waals surface area contributed by atoms with Crippen LogP contribution in [0.3, 0.4) is 0 Å². The summed E-state index contributed by atoms with van der Waals surface area (Å²) >= 11 is 0. The molecule has 1 nitrogen and oxygen atoms in total. The molecule has 3 rings (SSSR count). The summed E-state index contributed by atoms with van der Waals surface area (Å²) in [5.74, 6) is 0. The van der Waals surface area contributed by atoms with Gasteiger partial charge in [0.1, 0.15) is 0 Å². The van der Waals surface area contributed by atoms with Crippen molar-refractivity contribution in [1.82, 2.24) is 0 Å². The summed E-state index contributed by atoms with van der Waals surface area (Å²) in [7, 11) is 0. The van der Waals surface area contributed by atoms with Gasteiger partial charge in [-0.25, -0.2) is 0 Å². The molecule has 0 spiro atoms. The number of allylic oxidation sites excluding steroid dienone is 2. The van der Waals surface area contributed by atoms with Gasteiger partial charge in [-0.3, -0.25) is 0 Å². The number of hydrogen-bond acceptors (Lipinski definition) is 1. The van der Waals surface area contributed by atoms with Gasteiger partial charge >= 0.3 is 0 Å². The van der Waals surface area contributed by atoms with Gasteiger partial charge in [0.25, 0.3) is 0 Å². The number of ether oxygens (including phenoxy) is 1. The van der Waals surface area contributed by atoms with Gasteiger partial charge in [0, 0.05) is 6.61 Å². The Bertz CT molecular complexity index is 901. The maximum Gasteiger partial charge on any atom is 0.0598 e. The molecule has 2 aromatic carbocycles. The lowest BCUT2D eigenvalue weighted by molar-refractivity contribution is -0.00473. The van der Waals surface area contributed by atoms with Crippen molar-refractivity contribution >= 4 is 5.57 Å². The Labute approximate surface area is 190 Å². The van der Waals surface area contributed by atoms with Crippen molar-refractivity contribution in [3.63, 3.8) is 0 Å². The Hall–Kier alpha value is -1.86. The largest absolute Gasteiger partial charge is 0.376 e. The highest BCUT2D eigenvalue weighted by Crippen LogP contribution is 2.42. The van der Waals surface area contributed by atoms with E-state index < -0.39 is 0 Å². The fraction of sp³-hybridized carbons (Fsp3) is 0.533. The summed E-state index contributed by atoms with van der Waals surface area (Å²) in [4.78, 5) is 0. The molecule has 0 amide bonds. The van der Waals surface area contributed by atoms with E-state index in [9.17, 15) is 0 Å². The minimum absolute atomic E-state index is 0.0169. The lowest BCUT2D eigenvalue weighted by Crippen LogP contribution is -2.19. The average molecular weight is 419 g/mol. The maximum absolute atomic E-state index is 5.86. The van der Waals surface area contributed by atoms with E-state index in [-0.39, 0.29) is 11.0 Å². The van der Waals surface area contributed by atoms with Gasteiger partial charge in [-0.1, -0.05) is 81.7 Å². The summed E-state index contributed by atoms with van der Waals surface area (Å²) in [5.41, 5.74) is 10.5. The van der Waals surface area contributed by atoms with Crippen molar-refractivity contribution in [2.75, 3.05) is 6.61 Å². The van der Waals surface area contributed by atoms with Gasteiger partial charge in [0.15, 0.2) is 0 Å². The molecule has 1 aliphatic rings. The van der Waals surface area contributed by atoms with Crippen molar-refractivity contribution in [2.24, 2.45) is 0 Å². The molecule has 0 saturated carbocycles. The van der Waals surface area contributed by atoms with E-state index in [1.165, 1.54) is 53.5 Å². The quantitative estimate of drug-likeness (QED) is 0.389. The topological polar surface area (TPSA) is 9.23 Å². The van der Waals surface area contributed by atoms with Crippen LogP contribution in [0.5, 0.6) is 0 Å². The van der Waals surface area contributed by atoms with Crippen LogP contribution in [0.15, 0.2) is 48.0 Å². The van der Waals surface area contributed by atoms with Crippen molar-refractivity contribution in [2.45, 2.75) is 98.0 Å². The third-order valence-electron chi connectivity index (χ3n) is 6.34. The van der Waals surface area contributed by atoms with Crippen molar-refractivity contribution in [3.8, 4) is 11.1 Å². The van der Waals surface area contributed by atoms with Gasteiger partial charge in [0.05, 0.1) is 5.60 Å². The molecule has 1 heteroatoms. The first-order valence-electron chi connectivity index (χ1n) is 12.1. The van der Waals surface area contributed by atoms with E-state index in [2.05, 4.69) is 90.9 Å². The summed E-state index contributed by atoms with van der Waals surface area (Å²) in [5, 5.41) is 0. The molecule has 2 aromatic rings. The van der Waals surface area contributed by atoms with Gasteiger partial charge in [-0.15, -0.1) is 0 Å². The number of unbranched alkanes of at least 4 members (excludes halogenated alkanes) is 3. The lowest BCUT2D eigenvalue weighted by Gasteiger charge is -2.20. The number of benzene rings is 2. The number of fused-ring (bicyclic) bond motifs is 1. The van der Waals surface area contributed by atoms with E-state index in [1.807, 2.05) is 0 Å². The Morgan fingerprint density at radius 3 is 2.13 bits per heavy atom. The molecule has 0 fully saturated rings. The second-order valence-electron chi connectivity index (χ2n) is 11.2. The molecule has 0 N–H and O–H groups in total. The van der Waals surface area contributed by atoms with Crippen LogP contribution in [0.25, 0.3) is 16.7 Å². The third kappa shape index (κ3) is 6.32. The average Bonchev–Trinajstić information content (AvgIpc) is 3.01. The van der Waals surface area contributed by atoms with Crippen LogP contribution in [0.4, 0.5) is 0 Å². The molecule has 0 saturated heterocycles. The zero-order chi connectivity index (χ0) is 22.6. The first-order chi connectivity index (χ1) is 14.6. The highest BCUT2D eigenvalue weighted by atomic mass is 16.5. The molecule has 31 heavy (non-hydrogen) atoms. The van der Waals surface area contributed by atoms with E-state index in [0.717, 1.165) is 19.4 Å². The van der Waals surface area contributed by atoms with E-state index in [0.29, 0.717) is 0 Å². The first-order valence-corrected chi connectivity index (χ1v) is 12.1. The fourth-order valence-corrected chi connectivity index (χ4v) is 4.57. The van der Waals surface area contributed by atoms with Crippen LogP contribution in [-0.4, -0.2) is 12.2 Å². The van der Waals surface area contributed by atoms with Crippen LogP contribution in [0.1, 0.15) is 97.3 Å². The maximum atomic E-state index is 5.86. The van der Waals surface area contributed by atoms with Crippen LogP contribution < -0.4 is 0 Å². The summed E-state index contributed by atoms with van der Waals surface area (Å²) in [6.45, 7) is 16.4. The molecule has 0 bridgehead atoms. The minimum atomic E-state index is -0.0169. The monoisotopic (exact) mass is 418 g/mol. The summed E-state index contributed by atoms with van der Waals surface area (Å²) in [6.07, 6.45) is 7.26. The molecular weight excluding hydrogens is 376 g/mol. The number of rotatable bonds is 8. The SMILES string of the molecule is CC1=C(CCCCCCOC(C)(C)C)c2c(cccc2-c2ccc(C(C)(C)C)cc2)C1. The predicted molar refractivity (Wildman–Crippen MR) is 136 cm³/mol. The van der Waals surface area contributed by atoms with Gasteiger partial charge in [-0.05, 0) is 92.2 Å².